The maximum absolute atomic E-state index is 12.2. The second-order valence-corrected chi connectivity index (χ2v) is 7.85. The first-order chi connectivity index (χ1) is 9.54. The Morgan fingerprint density at radius 1 is 1.24 bits per heavy atom. The molecule has 0 aromatic rings. The van der Waals surface area contributed by atoms with E-state index < -0.39 is 11.4 Å². The van der Waals surface area contributed by atoms with Crippen molar-refractivity contribution < 1.29 is 14.7 Å². The molecule has 1 saturated heterocycles. The monoisotopic (exact) mass is 298 g/mol. The Kier molecular flexibility index (Phi) is 5.65. The van der Waals surface area contributed by atoms with Crippen LogP contribution < -0.4 is 5.32 Å². The summed E-state index contributed by atoms with van der Waals surface area (Å²) in [6, 6.07) is -0.0647. The van der Waals surface area contributed by atoms with E-state index in [1.807, 2.05) is 0 Å². The standard InChI is InChI=1S/C16H30N2O3/c1-15(2,3)8-9-17-14(21)18-10-6-7-12(11-18)16(4,5)13(19)20/h12H,6-11H2,1-5H3,(H,17,21)(H,19,20). The van der Waals surface area contributed by atoms with E-state index in [0.29, 0.717) is 19.6 Å². The third kappa shape index (κ3) is 5.21. The number of carboxylic acids is 1. The molecule has 0 radical (unpaired) electrons. The number of piperidine rings is 1. The van der Waals surface area contributed by atoms with Gasteiger partial charge in [-0.2, -0.15) is 0 Å². The third-order valence-electron chi connectivity index (χ3n) is 4.43. The first-order valence-corrected chi connectivity index (χ1v) is 7.80. The van der Waals surface area contributed by atoms with Crippen LogP contribution in [0.15, 0.2) is 0 Å². The van der Waals surface area contributed by atoms with Crippen LogP contribution in [0.3, 0.4) is 0 Å². The molecule has 21 heavy (non-hydrogen) atoms. The molecular weight excluding hydrogens is 268 g/mol. The van der Waals surface area contributed by atoms with E-state index in [1.54, 1.807) is 18.7 Å². The summed E-state index contributed by atoms with van der Waals surface area (Å²) in [6.45, 7) is 11.8. The van der Waals surface area contributed by atoms with Gasteiger partial charge in [0.2, 0.25) is 0 Å². The van der Waals surface area contributed by atoms with Gasteiger partial charge in [-0.05, 0) is 44.4 Å². The summed E-state index contributed by atoms with van der Waals surface area (Å²) >= 11 is 0. The van der Waals surface area contributed by atoms with E-state index in [4.69, 9.17) is 0 Å². The van der Waals surface area contributed by atoms with Gasteiger partial charge in [0.1, 0.15) is 0 Å². The Bertz CT molecular complexity index is 385. The van der Waals surface area contributed by atoms with Gasteiger partial charge in [-0.15, -0.1) is 0 Å². The van der Waals surface area contributed by atoms with Gasteiger partial charge in [0, 0.05) is 19.6 Å². The van der Waals surface area contributed by atoms with Gasteiger partial charge < -0.3 is 15.3 Å². The highest BCUT2D eigenvalue weighted by atomic mass is 16.4. The SMILES string of the molecule is CC(C)(C)CCNC(=O)N1CCCC(C(C)(C)C(=O)O)C1. The van der Waals surface area contributed by atoms with Gasteiger partial charge >= 0.3 is 12.0 Å². The Hall–Kier alpha value is -1.26. The zero-order chi connectivity index (χ0) is 16.3. The quantitative estimate of drug-likeness (QED) is 0.838. The number of likely N-dealkylation sites (tertiary alicyclic amines) is 1. The van der Waals surface area contributed by atoms with E-state index in [9.17, 15) is 14.7 Å². The number of carboxylic acid groups (broad SMARTS) is 1. The highest BCUT2D eigenvalue weighted by Crippen LogP contribution is 2.34. The lowest BCUT2D eigenvalue weighted by atomic mass is 9.74. The normalized spacial score (nSPS) is 20.2. The number of aliphatic carboxylic acids is 1. The van der Waals surface area contributed by atoms with Crippen molar-refractivity contribution >= 4 is 12.0 Å². The number of hydrogen-bond acceptors (Lipinski definition) is 2. The molecule has 5 nitrogen and oxygen atoms in total. The van der Waals surface area contributed by atoms with Crippen LogP contribution in [0.4, 0.5) is 4.79 Å². The molecule has 5 heteroatoms. The summed E-state index contributed by atoms with van der Waals surface area (Å²) in [6.07, 6.45) is 2.66. The van der Waals surface area contributed by atoms with Gasteiger partial charge in [-0.3, -0.25) is 4.79 Å². The zero-order valence-electron chi connectivity index (χ0n) is 14.0. The van der Waals surface area contributed by atoms with Crippen molar-refractivity contribution in [3.63, 3.8) is 0 Å². The summed E-state index contributed by atoms with van der Waals surface area (Å²) in [5.74, 6) is -0.778. The van der Waals surface area contributed by atoms with Crippen LogP contribution in [0.5, 0.6) is 0 Å². The number of rotatable bonds is 4. The Morgan fingerprint density at radius 3 is 2.38 bits per heavy atom. The number of amides is 2. The van der Waals surface area contributed by atoms with Gasteiger partial charge in [-0.1, -0.05) is 20.8 Å². The van der Waals surface area contributed by atoms with E-state index in [1.165, 1.54) is 0 Å². The molecule has 0 bridgehead atoms. The summed E-state index contributed by atoms with van der Waals surface area (Å²) < 4.78 is 0. The average molecular weight is 298 g/mol. The van der Waals surface area contributed by atoms with Crippen molar-refractivity contribution in [2.45, 2.75) is 53.9 Å². The average Bonchev–Trinajstić information content (AvgIpc) is 2.37. The summed E-state index contributed by atoms with van der Waals surface area (Å²) in [5, 5.41) is 12.3. The summed E-state index contributed by atoms with van der Waals surface area (Å²) in [4.78, 5) is 25.3. The molecule has 0 saturated carbocycles. The minimum absolute atomic E-state index is 0.0112. The second-order valence-electron chi connectivity index (χ2n) is 7.85. The van der Waals surface area contributed by atoms with Crippen LogP contribution in [0.25, 0.3) is 0 Å². The number of nitrogens with one attached hydrogen (secondary N) is 1. The third-order valence-corrected chi connectivity index (χ3v) is 4.43. The highest BCUT2D eigenvalue weighted by Gasteiger charge is 2.39. The minimum Gasteiger partial charge on any atom is -0.481 e. The lowest BCUT2D eigenvalue weighted by Gasteiger charge is -2.39. The van der Waals surface area contributed by atoms with Crippen molar-refractivity contribution in [2.24, 2.45) is 16.7 Å². The van der Waals surface area contributed by atoms with Crippen LogP contribution in [-0.4, -0.2) is 41.6 Å². The topological polar surface area (TPSA) is 69.6 Å². The second kappa shape index (κ2) is 6.67. The molecule has 2 amide bonds. The summed E-state index contributed by atoms with van der Waals surface area (Å²) in [7, 11) is 0. The maximum atomic E-state index is 12.2. The molecule has 1 atom stereocenters. The largest absolute Gasteiger partial charge is 0.481 e. The summed E-state index contributed by atoms with van der Waals surface area (Å²) in [5.41, 5.74) is -0.590. The molecule has 1 aliphatic rings. The first kappa shape index (κ1) is 17.8. The van der Waals surface area contributed by atoms with Crippen LogP contribution in [0.1, 0.15) is 53.9 Å². The molecule has 1 fully saturated rings. The molecule has 1 rings (SSSR count). The lowest BCUT2D eigenvalue weighted by Crippen LogP contribution is -2.50. The van der Waals surface area contributed by atoms with Gasteiger partial charge in [0.05, 0.1) is 5.41 Å². The van der Waals surface area contributed by atoms with Crippen LogP contribution >= 0.6 is 0 Å². The smallest absolute Gasteiger partial charge is 0.317 e. The van der Waals surface area contributed by atoms with E-state index in [2.05, 4.69) is 26.1 Å². The molecule has 122 valence electrons. The molecule has 0 aromatic heterocycles. The number of nitrogens with zero attached hydrogens (tertiary/aromatic N) is 1. The van der Waals surface area contributed by atoms with Crippen molar-refractivity contribution in [2.75, 3.05) is 19.6 Å². The highest BCUT2D eigenvalue weighted by molar-refractivity contribution is 5.76. The van der Waals surface area contributed by atoms with Gasteiger partial charge in [0.25, 0.3) is 0 Å². The molecule has 1 aliphatic heterocycles. The van der Waals surface area contributed by atoms with Gasteiger partial charge in [0.15, 0.2) is 0 Å². The lowest BCUT2D eigenvalue weighted by molar-refractivity contribution is -0.151. The minimum atomic E-state index is -0.789. The fraction of sp³-hybridized carbons (Fsp3) is 0.875. The van der Waals surface area contributed by atoms with E-state index in [0.717, 1.165) is 19.3 Å². The molecular formula is C16H30N2O3. The van der Waals surface area contributed by atoms with Crippen molar-refractivity contribution in [3.8, 4) is 0 Å². The maximum Gasteiger partial charge on any atom is 0.317 e. The van der Waals surface area contributed by atoms with E-state index >= 15 is 0 Å². The Balaban J connectivity index is 2.52. The number of urea groups is 1. The molecule has 2 N–H and O–H groups in total. The molecule has 0 aliphatic carbocycles. The van der Waals surface area contributed by atoms with Crippen LogP contribution in [0.2, 0.25) is 0 Å². The van der Waals surface area contributed by atoms with Crippen molar-refractivity contribution in [1.82, 2.24) is 10.2 Å². The Labute approximate surface area is 128 Å². The molecule has 1 unspecified atom stereocenters. The molecule has 0 aromatic carbocycles. The van der Waals surface area contributed by atoms with Crippen LogP contribution in [0, 0.1) is 16.7 Å². The fourth-order valence-corrected chi connectivity index (χ4v) is 2.58. The predicted molar refractivity (Wildman–Crippen MR) is 83.2 cm³/mol. The molecule has 1 heterocycles. The van der Waals surface area contributed by atoms with Crippen molar-refractivity contribution in [1.29, 1.82) is 0 Å². The number of hydrogen-bond donors (Lipinski definition) is 2. The Morgan fingerprint density at radius 2 is 1.86 bits per heavy atom. The first-order valence-electron chi connectivity index (χ1n) is 7.80. The van der Waals surface area contributed by atoms with Crippen molar-refractivity contribution in [3.05, 3.63) is 0 Å². The van der Waals surface area contributed by atoms with Gasteiger partial charge in [-0.25, -0.2) is 4.79 Å². The zero-order valence-corrected chi connectivity index (χ0v) is 14.0. The van der Waals surface area contributed by atoms with E-state index in [-0.39, 0.29) is 17.4 Å². The molecule has 0 spiro atoms. The number of carbonyl (C=O) groups excluding carboxylic acids is 1. The fourth-order valence-electron chi connectivity index (χ4n) is 2.58. The van der Waals surface area contributed by atoms with Crippen LogP contribution in [-0.2, 0) is 4.79 Å². The number of carbonyl (C=O) groups is 2. The predicted octanol–water partition coefficient (Wildman–Crippen LogP) is 2.96.